The first-order valence-corrected chi connectivity index (χ1v) is 7.25. The molecule has 1 aromatic rings. The maximum absolute atomic E-state index is 11.9. The SMILES string of the molecule is CN1CCCN(c2ncc(CNC3CC3)cn2)CC1=O. The van der Waals surface area contributed by atoms with Crippen LogP contribution in [0, 0.1) is 0 Å². The first-order chi connectivity index (χ1) is 9.72. The summed E-state index contributed by atoms with van der Waals surface area (Å²) in [6, 6.07) is 0.688. The molecule has 2 fully saturated rings. The minimum atomic E-state index is 0.130. The molecular formula is C14H21N5O. The van der Waals surface area contributed by atoms with Crippen molar-refractivity contribution in [3.05, 3.63) is 18.0 Å². The van der Waals surface area contributed by atoms with E-state index in [2.05, 4.69) is 15.3 Å². The summed E-state index contributed by atoms with van der Waals surface area (Å²) in [5.74, 6) is 0.786. The van der Waals surface area contributed by atoms with Crippen LogP contribution in [0.3, 0.4) is 0 Å². The lowest BCUT2D eigenvalue weighted by atomic mass is 10.3. The Morgan fingerprint density at radius 1 is 1.30 bits per heavy atom. The number of amides is 1. The molecular weight excluding hydrogens is 254 g/mol. The van der Waals surface area contributed by atoms with Crippen LogP contribution in [0.15, 0.2) is 12.4 Å². The van der Waals surface area contributed by atoms with Gasteiger partial charge in [0, 0.05) is 50.7 Å². The van der Waals surface area contributed by atoms with Crippen molar-refractivity contribution in [2.75, 3.05) is 31.6 Å². The third kappa shape index (κ3) is 3.25. The van der Waals surface area contributed by atoms with Crippen LogP contribution in [0.1, 0.15) is 24.8 Å². The summed E-state index contributed by atoms with van der Waals surface area (Å²) in [6.45, 7) is 2.83. The van der Waals surface area contributed by atoms with Gasteiger partial charge in [0.15, 0.2) is 0 Å². The smallest absolute Gasteiger partial charge is 0.241 e. The van der Waals surface area contributed by atoms with Gasteiger partial charge in [0.05, 0.1) is 6.54 Å². The number of aromatic nitrogens is 2. The highest BCUT2D eigenvalue weighted by molar-refractivity contribution is 5.81. The second-order valence-electron chi connectivity index (χ2n) is 5.64. The van der Waals surface area contributed by atoms with Gasteiger partial charge in [-0.05, 0) is 19.3 Å². The molecule has 0 spiro atoms. The molecule has 3 rings (SSSR count). The predicted molar refractivity (Wildman–Crippen MR) is 76.4 cm³/mol. The first kappa shape index (κ1) is 13.3. The Labute approximate surface area is 119 Å². The highest BCUT2D eigenvalue weighted by atomic mass is 16.2. The van der Waals surface area contributed by atoms with Crippen LogP contribution < -0.4 is 10.2 Å². The zero-order chi connectivity index (χ0) is 13.9. The molecule has 2 heterocycles. The molecule has 2 aliphatic rings. The second kappa shape index (κ2) is 5.75. The molecule has 1 saturated heterocycles. The van der Waals surface area contributed by atoms with Crippen LogP contribution in [-0.2, 0) is 11.3 Å². The topological polar surface area (TPSA) is 61.4 Å². The monoisotopic (exact) mass is 275 g/mol. The average molecular weight is 275 g/mol. The summed E-state index contributed by atoms with van der Waals surface area (Å²) < 4.78 is 0. The van der Waals surface area contributed by atoms with E-state index in [0.29, 0.717) is 18.5 Å². The number of nitrogens with one attached hydrogen (secondary N) is 1. The second-order valence-corrected chi connectivity index (χ2v) is 5.64. The summed E-state index contributed by atoms with van der Waals surface area (Å²) in [5, 5.41) is 3.44. The van der Waals surface area contributed by atoms with E-state index in [4.69, 9.17) is 0 Å². The fourth-order valence-corrected chi connectivity index (χ4v) is 2.31. The van der Waals surface area contributed by atoms with Crippen LogP contribution in [0.25, 0.3) is 0 Å². The highest BCUT2D eigenvalue weighted by Gasteiger charge is 2.21. The molecule has 6 nitrogen and oxygen atoms in total. The molecule has 1 aliphatic carbocycles. The van der Waals surface area contributed by atoms with E-state index >= 15 is 0 Å². The molecule has 1 N–H and O–H groups in total. The zero-order valence-corrected chi connectivity index (χ0v) is 11.9. The molecule has 0 radical (unpaired) electrons. The molecule has 0 aromatic carbocycles. The molecule has 0 bridgehead atoms. The highest BCUT2D eigenvalue weighted by Crippen LogP contribution is 2.19. The van der Waals surface area contributed by atoms with Crippen molar-refractivity contribution >= 4 is 11.9 Å². The lowest BCUT2D eigenvalue weighted by Gasteiger charge is -2.19. The lowest BCUT2D eigenvalue weighted by molar-refractivity contribution is -0.127. The normalized spacial score (nSPS) is 20.1. The minimum Gasteiger partial charge on any atom is -0.344 e. The van der Waals surface area contributed by atoms with Gasteiger partial charge < -0.3 is 15.1 Å². The molecule has 1 amide bonds. The van der Waals surface area contributed by atoms with E-state index in [-0.39, 0.29) is 5.91 Å². The van der Waals surface area contributed by atoms with Crippen LogP contribution in [0.5, 0.6) is 0 Å². The summed E-state index contributed by atoms with van der Waals surface area (Å²) >= 11 is 0. The number of carbonyl (C=O) groups excluding carboxylic acids is 1. The van der Waals surface area contributed by atoms with Gasteiger partial charge in [0.2, 0.25) is 11.9 Å². The number of nitrogens with zero attached hydrogens (tertiary/aromatic N) is 4. The third-order valence-electron chi connectivity index (χ3n) is 3.82. The number of hydrogen-bond acceptors (Lipinski definition) is 5. The summed E-state index contributed by atoms with van der Waals surface area (Å²) in [6.07, 6.45) is 7.23. The van der Waals surface area contributed by atoms with Crippen LogP contribution in [0.2, 0.25) is 0 Å². The zero-order valence-electron chi connectivity index (χ0n) is 11.9. The molecule has 6 heteroatoms. The van der Waals surface area contributed by atoms with Gasteiger partial charge in [-0.2, -0.15) is 0 Å². The van der Waals surface area contributed by atoms with Gasteiger partial charge in [0.1, 0.15) is 0 Å². The van der Waals surface area contributed by atoms with E-state index in [1.807, 2.05) is 24.3 Å². The van der Waals surface area contributed by atoms with Crippen molar-refractivity contribution in [1.29, 1.82) is 0 Å². The van der Waals surface area contributed by atoms with Gasteiger partial charge in [-0.25, -0.2) is 9.97 Å². The number of rotatable bonds is 4. The summed E-state index contributed by atoms with van der Waals surface area (Å²) in [7, 11) is 1.85. The maximum Gasteiger partial charge on any atom is 0.241 e. The first-order valence-electron chi connectivity index (χ1n) is 7.25. The van der Waals surface area contributed by atoms with Crippen LogP contribution >= 0.6 is 0 Å². The third-order valence-corrected chi connectivity index (χ3v) is 3.82. The Kier molecular flexibility index (Phi) is 3.82. The van der Waals surface area contributed by atoms with E-state index in [1.165, 1.54) is 12.8 Å². The van der Waals surface area contributed by atoms with Gasteiger partial charge in [0.25, 0.3) is 0 Å². The van der Waals surface area contributed by atoms with Crippen LogP contribution in [-0.4, -0.2) is 53.5 Å². The van der Waals surface area contributed by atoms with E-state index < -0.39 is 0 Å². The lowest BCUT2D eigenvalue weighted by Crippen LogP contribution is -2.35. The molecule has 1 saturated carbocycles. The van der Waals surface area contributed by atoms with Crippen molar-refractivity contribution in [2.45, 2.75) is 31.8 Å². The van der Waals surface area contributed by atoms with Gasteiger partial charge in [-0.15, -0.1) is 0 Å². The Morgan fingerprint density at radius 2 is 2.05 bits per heavy atom. The molecule has 20 heavy (non-hydrogen) atoms. The Hall–Kier alpha value is -1.69. The predicted octanol–water partition coefficient (Wildman–Crippen LogP) is 0.397. The van der Waals surface area contributed by atoms with Crippen molar-refractivity contribution in [3.63, 3.8) is 0 Å². The Bertz CT molecular complexity index is 471. The number of carbonyl (C=O) groups is 1. The van der Waals surface area contributed by atoms with E-state index in [1.54, 1.807) is 4.90 Å². The fraction of sp³-hybridized carbons (Fsp3) is 0.643. The maximum atomic E-state index is 11.9. The van der Waals surface area contributed by atoms with Gasteiger partial charge >= 0.3 is 0 Å². The standard InChI is InChI=1S/C14H21N5O/c1-18-5-2-6-19(10-13(18)20)14-16-8-11(9-17-14)7-15-12-3-4-12/h8-9,12,15H,2-7,10H2,1H3. The molecule has 0 unspecified atom stereocenters. The summed E-state index contributed by atoms with van der Waals surface area (Å²) in [4.78, 5) is 24.4. The average Bonchev–Trinajstić information content (AvgIpc) is 3.28. The fourth-order valence-electron chi connectivity index (χ4n) is 2.31. The molecule has 108 valence electrons. The molecule has 1 aliphatic heterocycles. The van der Waals surface area contributed by atoms with Crippen molar-refractivity contribution in [3.8, 4) is 0 Å². The number of hydrogen-bond donors (Lipinski definition) is 1. The minimum absolute atomic E-state index is 0.130. The van der Waals surface area contributed by atoms with Crippen molar-refractivity contribution in [1.82, 2.24) is 20.2 Å². The van der Waals surface area contributed by atoms with Crippen molar-refractivity contribution in [2.24, 2.45) is 0 Å². The quantitative estimate of drug-likeness (QED) is 0.861. The molecule has 1 aromatic heterocycles. The largest absolute Gasteiger partial charge is 0.344 e. The Morgan fingerprint density at radius 3 is 2.75 bits per heavy atom. The van der Waals surface area contributed by atoms with Crippen molar-refractivity contribution < 1.29 is 4.79 Å². The van der Waals surface area contributed by atoms with E-state index in [9.17, 15) is 4.79 Å². The van der Waals surface area contributed by atoms with Crippen LogP contribution in [0.4, 0.5) is 5.95 Å². The van der Waals surface area contributed by atoms with Gasteiger partial charge in [-0.3, -0.25) is 4.79 Å². The Balaban J connectivity index is 1.62. The van der Waals surface area contributed by atoms with E-state index in [0.717, 1.165) is 31.6 Å². The number of likely N-dealkylation sites (N-methyl/N-ethyl adjacent to an activating group) is 1. The number of anilines is 1. The molecule has 0 atom stereocenters. The summed E-state index contributed by atoms with van der Waals surface area (Å²) in [5.41, 5.74) is 1.10. The van der Waals surface area contributed by atoms with Gasteiger partial charge in [-0.1, -0.05) is 0 Å².